The van der Waals surface area contributed by atoms with Crippen LogP contribution in [0.15, 0.2) is 78.9 Å². The zero-order valence-electron chi connectivity index (χ0n) is 27.5. The van der Waals surface area contributed by atoms with E-state index in [1.807, 2.05) is 0 Å². The van der Waals surface area contributed by atoms with Crippen molar-refractivity contribution < 1.29 is 19.1 Å². The van der Waals surface area contributed by atoms with E-state index in [1.165, 1.54) is 69.3 Å². The van der Waals surface area contributed by atoms with Gasteiger partial charge in [0.05, 0.1) is 13.2 Å². The third kappa shape index (κ3) is 10.1. The van der Waals surface area contributed by atoms with Gasteiger partial charge in [-0.05, 0) is 116 Å². The molecule has 44 heavy (non-hydrogen) atoms. The first kappa shape index (κ1) is 34.6. The van der Waals surface area contributed by atoms with E-state index in [0.717, 1.165) is 38.5 Å². The Bertz CT molecular complexity index is 1390. The van der Waals surface area contributed by atoms with Gasteiger partial charge in [-0.1, -0.05) is 94.4 Å². The number of hydrogen-bond donors (Lipinski definition) is 0. The molecule has 0 aliphatic carbocycles. The summed E-state index contributed by atoms with van der Waals surface area (Å²) < 4.78 is 10.7. The van der Waals surface area contributed by atoms with Gasteiger partial charge in [-0.25, -0.2) is 9.59 Å². The summed E-state index contributed by atoms with van der Waals surface area (Å²) in [5.74, 6) is -0.696. The first-order valence-electron chi connectivity index (χ1n) is 16.1. The highest BCUT2D eigenvalue weighted by atomic mass is 16.5. The lowest BCUT2D eigenvalue weighted by Gasteiger charge is -2.18. The van der Waals surface area contributed by atoms with Crippen LogP contribution in [-0.2, 0) is 44.7 Å². The minimum atomic E-state index is -0.348. The van der Waals surface area contributed by atoms with Gasteiger partial charge >= 0.3 is 11.9 Å². The Labute approximate surface area is 265 Å². The van der Waals surface area contributed by atoms with Crippen LogP contribution in [0.1, 0.15) is 87.6 Å². The predicted molar refractivity (Wildman–Crippen MR) is 183 cm³/mol. The second-order valence-electron chi connectivity index (χ2n) is 11.8. The largest absolute Gasteiger partial charge is 0.462 e. The number of benzene rings is 3. The predicted octanol–water partition coefficient (Wildman–Crippen LogP) is 9.73. The molecule has 0 fully saturated rings. The molecule has 0 amide bonds. The van der Waals surface area contributed by atoms with Gasteiger partial charge in [0.15, 0.2) is 0 Å². The van der Waals surface area contributed by atoms with Gasteiger partial charge in [0.2, 0.25) is 0 Å². The number of aryl methyl sites for hydroxylation is 4. The van der Waals surface area contributed by atoms with Gasteiger partial charge in [-0.2, -0.15) is 0 Å². The molecule has 0 bridgehead atoms. The molecule has 0 aliphatic heterocycles. The molecular formula is C40H50O4. The number of ether oxygens (including phenoxy) is 2. The fourth-order valence-corrected chi connectivity index (χ4v) is 5.41. The van der Waals surface area contributed by atoms with Crippen molar-refractivity contribution in [3.63, 3.8) is 0 Å². The molecule has 0 aliphatic rings. The maximum absolute atomic E-state index is 11.9. The Morgan fingerprint density at radius 3 is 1.66 bits per heavy atom. The van der Waals surface area contributed by atoms with Crippen molar-refractivity contribution in [1.29, 1.82) is 0 Å². The molecule has 4 heteroatoms. The maximum atomic E-state index is 11.9. The monoisotopic (exact) mass is 594 g/mol. The smallest absolute Gasteiger partial charge is 0.333 e. The zero-order chi connectivity index (χ0) is 32.1. The quantitative estimate of drug-likeness (QED) is 0.0887. The number of carbonyl (C=O) groups excluding carboxylic acids is 2. The summed E-state index contributed by atoms with van der Waals surface area (Å²) in [6.45, 7) is 18.0. The molecule has 3 aromatic carbocycles. The minimum absolute atomic E-state index is 0.348. The molecule has 0 radical (unpaired) electrons. The number of rotatable bonds is 17. The van der Waals surface area contributed by atoms with Crippen molar-refractivity contribution in [3.05, 3.63) is 107 Å². The highest BCUT2D eigenvalue weighted by Gasteiger charge is 2.14. The standard InChI is InChI=1S/C40H50O4/c1-8-10-11-14-31-17-19-33(20-18-31)36-21-22-38(32(9-2)25-36)37-26-34(15-12-23-43-39(41)28(3)4)30(7)35(27-37)16-13-24-44-40(42)29(5)6/h17-22,25-27H,3,5,8-16,23-24H2,1-2,4,6-7H3. The van der Waals surface area contributed by atoms with Crippen LogP contribution in [-0.4, -0.2) is 25.2 Å². The summed E-state index contributed by atoms with van der Waals surface area (Å²) in [4.78, 5) is 23.7. The number of esters is 2. The summed E-state index contributed by atoms with van der Waals surface area (Å²) >= 11 is 0. The van der Waals surface area contributed by atoms with Gasteiger partial charge in [0.1, 0.15) is 0 Å². The van der Waals surface area contributed by atoms with Gasteiger partial charge in [-0.15, -0.1) is 0 Å². The van der Waals surface area contributed by atoms with Crippen LogP contribution in [0.3, 0.4) is 0 Å². The Morgan fingerprint density at radius 2 is 1.16 bits per heavy atom. The van der Waals surface area contributed by atoms with E-state index in [4.69, 9.17) is 9.47 Å². The zero-order valence-corrected chi connectivity index (χ0v) is 27.5. The number of unbranched alkanes of at least 4 members (excludes halogenated alkanes) is 2. The Hall–Kier alpha value is -3.92. The fourth-order valence-electron chi connectivity index (χ4n) is 5.41. The molecule has 0 unspecified atom stereocenters. The number of hydrogen-bond acceptors (Lipinski definition) is 4. The van der Waals surface area contributed by atoms with Crippen molar-refractivity contribution in [2.75, 3.05) is 13.2 Å². The average Bonchev–Trinajstić information content (AvgIpc) is 3.02. The van der Waals surface area contributed by atoms with Gasteiger partial charge in [0, 0.05) is 11.1 Å². The topological polar surface area (TPSA) is 52.6 Å². The number of carbonyl (C=O) groups is 2. The van der Waals surface area contributed by atoms with Crippen LogP contribution in [0.2, 0.25) is 0 Å². The van der Waals surface area contributed by atoms with E-state index in [0.29, 0.717) is 24.4 Å². The van der Waals surface area contributed by atoms with Gasteiger partial charge in [-0.3, -0.25) is 0 Å². The lowest BCUT2D eigenvalue weighted by Crippen LogP contribution is -2.08. The third-order valence-corrected chi connectivity index (χ3v) is 8.12. The molecule has 3 aromatic rings. The van der Waals surface area contributed by atoms with E-state index in [1.54, 1.807) is 13.8 Å². The van der Waals surface area contributed by atoms with Crippen molar-refractivity contribution in [3.8, 4) is 22.3 Å². The highest BCUT2D eigenvalue weighted by molar-refractivity contribution is 5.87. The summed E-state index contributed by atoms with van der Waals surface area (Å²) in [7, 11) is 0. The fraction of sp³-hybridized carbons (Fsp3) is 0.400. The van der Waals surface area contributed by atoms with Crippen molar-refractivity contribution in [1.82, 2.24) is 0 Å². The van der Waals surface area contributed by atoms with E-state index in [2.05, 4.69) is 88.5 Å². The summed E-state index contributed by atoms with van der Waals surface area (Å²) in [5.41, 5.74) is 12.2. The van der Waals surface area contributed by atoms with E-state index in [9.17, 15) is 9.59 Å². The van der Waals surface area contributed by atoms with E-state index in [-0.39, 0.29) is 11.9 Å². The highest BCUT2D eigenvalue weighted by Crippen LogP contribution is 2.33. The minimum Gasteiger partial charge on any atom is -0.462 e. The lowest BCUT2D eigenvalue weighted by molar-refractivity contribution is -0.139. The second-order valence-corrected chi connectivity index (χ2v) is 11.8. The SMILES string of the molecule is C=C(C)C(=O)OCCCc1cc(-c2ccc(-c3ccc(CCCCC)cc3)cc2CC)cc(CCCOC(=O)C(=C)C)c1C. The van der Waals surface area contributed by atoms with Gasteiger partial charge < -0.3 is 9.47 Å². The molecule has 0 spiro atoms. The van der Waals surface area contributed by atoms with Gasteiger partial charge in [0.25, 0.3) is 0 Å². The van der Waals surface area contributed by atoms with Crippen LogP contribution in [0.25, 0.3) is 22.3 Å². The average molecular weight is 595 g/mol. The van der Waals surface area contributed by atoms with Crippen LogP contribution >= 0.6 is 0 Å². The second kappa shape index (κ2) is 17.4. The van der Waals surface area contributed by atoms with Crippen LogP contribution in [0.4, 0.5) is 0 Å². The van der Waals surface area contributed by atoms with E-state index < -0.39 is 0 Å². The molecule has 4 nitrogen and oxygen atoms in total. The summed E-state index contributed by atoms with van der Waals surface area (Å²) in [6, 6.07) is 20.4. The molecule has 234 valence electrons. The van der Waals surface area contributed by atoms with Crippen molar-refractivity contribution in [2.45, 2.75) is 92.4 Å². The normalized spacial score (nSPS) is 10.8. The van der Waals surface area contributed by atoms with Crippen LogP contribution in [0.5, 0.6) is 0 Å². The van der Waals surface area contributed by atoms with Crippen LogP contribution in [0, 0.1) is 6.92 Å². The Balaban J connectivity index is 1.87. The lowest BCUT2D eigenvalue weighted by atomic mass is 9.88. The first-order valence-corrected chi connectivity index (χ1v) is 16.1. The van der Waals surface area contributed by atoms with Crippen LogP contribution < -0.4 is 0 Å². The molecule has 0 saturated heterocycles. The summed E-state index contributed by atoms with van der Waals surface area (Å²) in [5, 5.41) is 0. The molecule has 0 saturated carbocycles. The first-order chi connectivity index (χ1) is 21.1. The Morgan fingerprint density at radius 1 is 0.636 bits per heavy atom. The summed E-state index contributed by atoms with van der Waals surface area (Å²) in [6.07, 6.45) is 8.86. The molecule has 0 heterocycles. The maximum Gasteiger partial charge on any atom is 0.333 e. The molecule has 0 atom stereocenters. The molecule has 0 N–H and O–H groups in total. The van der Waals surface area contributed by atoms with Crippen molar-refractivity contribution in [2.24, 2.45) is 0 Å². The molecule has 3 rings (SSSR count). The van der Waals surface area contributed by atoms with E-state index >= 15 is 0 Å². The Kier molecular flexibility index (Phi) is 13.7. The van der Waals surface area contributed by atoms with Crippen molar-refractivity contribution >= 4 is 11.9 Å². The molecular weight excluding hydrogens is 544 g/mol. The third-order valence-electron chi connectivity index (χ3n) is 8.12. The molecule has 0 aromatic heterocycles.